The van der Waals surface area contributed by atoms with E-state index in [0.29, 0.717) is 38.5 Å². The van der Waals surface area contributed by atoms with Crippen LogP contribution in [0, 0.1) is 5.92 Å². The van der Waals surface area contributed by atoms with E-state index >= 15 is 0 Å². The lowest BCUT2D eigenvalue weighted by Gasteiger charge is -2.48. The van der Waals surface area contributed by atoms with E-state index in [2.05, 4.69) is 6.92 Å². The van der Waals surface area contributed by atoms with Gasteiger partial charge in [-0.15, -0.1) is 0 Å². The Hall–Kier alpha value is -2.36. The fourth-order valence-corrected chi connectivity index (χ4v) is 4.58. The van der Waals surface area contributed by atoms with Crippen LogP contribution in [0.2, 0.25) is 0 Å². The third-order valence-corrected chi connectivity index (χ3v) is 6.19. The lowest BCUT2D eigenvalue weighted by atomic mass is 9.87. The second kappa shape index (κ2) is 13.1. The van der Waals surface area contributed by atoms with Crippen molar-refractivity contribution in [2.45, 2.75) is 71.0 Å². The van der Waals surface area contributed by atoms with Crippen molar-refractivity contribution >= 4 is 11.9 Å². The number of carbonyl (C=O) groups is 2. The van der Waals surface area contributed by atoms with Crippen LogP contribution in [0.1, 0.15) is 52.9 Å². The number of ether oxygens (including phenoxy) is 6. The highest BCUT2D eigenvalue weighted by Gasteiger charge is 2.62. The summed E-state index contributed by atoms with van der Waals surface area (Å²) in [5, 5.41) is 0. The molecule has 35 heavy (non-hydrogen) atoms. The molecule has 3 rings (SSSR count). The Balaban J connectivity index is 1.72. The molecule has 2 fully saturated rings. The minimum Gasteiger partial charge on any atom is -0.493 e. The van der Waals surface area contributed by atoms with E-state index in [9.17, 15) is 9.59 Å². The summed E-state index contributed by atoms with van der Waals surface area (Å²) in [6.45, 7) is 8.42. The van der Waals surface area contributed by atoms with Crippen LogP contribution < -0.4 is 9.47 Å². The predicted molar refractivity (Wildman–Crippen MR) is 128 cm³/mol. The molecule has 0 N–H and O–H groups in total. The second-order valence-electron chi connectivity index (χ2n) is 9.22. The van der Waals surface area contributed by atoms with E-state index < -0.39 is 24.0 Å². The number of esters is 2. The lowest BCUT2D eigenvalue weighted by molar-refractivity contribution is -0.327. The van der Waals surface area contributed by atoms with E-state index in [1.807, 2.05) is 43.0 Å². The maximum Gasteiger partial charge on any atom is 0.422 e. The number of carbonyl (C=O) groups excluding carboxylic acids is 2. The van der Waals surface area contributed by atoms with Crippen molar-refractivity contribution in [3.63, 3.8) is 0 Å². The first-order chi connectivity index (χ1) is 16.9. The maximum absolute atomic E-state index is 12.2. The molecule has 9 nitrogen and oxygen atoms in total. The normalized spacial score (nSPS) is 21.9. The Bertz CT molecular complexity index is 813. The minimum atomic E-state index is -1.55. The largest absolute Gasteiger partial charge is 0.493 e. The highest BCUT2D eigenvalue weighted by atomic mass is 16.8. The summed E-state index contributed by atoms with van der Waals surface area (Å²) in [6, 6.07) is 7.54. The van der Waals surface area contributed by atoms with Crippen molar-refractivity contribution in [2.24, 2.45) is 5.92 Å². The number of hydrogen-bond donors (Lipinski definition) is 0. The third kappa shape index (κ3) is 7.08. The molecule has 2 heterocycles. The fraction of sp³-hybridized carbons (Fsp3) is 0.692. The van der Waals surface area contributed by atoms with Crippen LogP contribution in [0.5, 0.6) is 11.5 Å². The van der Waals surface area contributed by atoms with Crippen LogP contribution in [0.25, 0.3) is 0 Å². The van der Waals surface area contributed by atoms with Crippen LogP contribution in [0.3, 0.4) is 0 Å². The molecule has 9 heteroatoms. The van der Waals surface area contributed by atoms with Crippen LogP contribution in [-0.2, 0) is 28.5 Å². The molecule has 1 aromatic rings. The summed E-state index contributed by atoms with van der Waals surface area (Å²) in [6.07, 6.45) is 3.83. The molecule has 2 aliphatic rings. The van der Waals surface area contributed by atoms with E-state index in [4.69, 9.17) is 28.4 Å². The zero-order chi connectivity index (χ0) is 25.3. The summed E-state index contributed by atoms with van der Waals surface area (Å²) < 4.78 is 34.3. The quantitative estimate of drug-likeness (QED) is 0.219. The van der Waals surface area contributed by atoms with Gasteiger partial charge in [0.05, 0.1) is 25.9 Å². The number of methoxy groups -OCH3 is 1. The maximum atomic E-state index is 12.2. The van der Waals surface area contributed by atoms with Gasteiger partial charge in [0.1, 0.15) is 11.5 Å². The molecule has 2 aliphatic heterocycles. The average molecular weight is 494 g/mol. The molecular weight excluding hydrogens is 454 g/mol. The summed E-state index contributed by atoms with van der Waals surface area (Å²) in [5.74, 6) is -2.10. The Morgan fingerprint density at radius 3 is 2.51 bits per heavy atom. The molecule has 2 saturated heterocycles. The number of likely N-dealkylation sites (tertiary alicyclic amines) is 1. The first kappa shape index (κ1) is 27.2. The van der Waals surface area contributed by atoms with Gasteiger partial charge < -0.3 is 28.4 Å². The summed E-state index contributed by atoms with van der Waals surface area (Å²) in [4.78, 5) is 26.3. The van der Waals surface area contributed by atoms with Gasteiger partial charge in [0.2, 0.25) is 0 Å². The molecule has 0 aliphatic carbocycles. The van der Waals surface area contributed by atoms with Crippen LogP contribution in [0.4, 0.5) is 0 Å². The molecule has 0 aromatic heterocycles. The first-order valence-electron chi connectivity index (χ1n) is 12.6. The van der Waals surface area contributed by atoms with Gasteiger partial charge in [-0.1, -0.05) is 25.8 Å². The number of benzene rings is 1. The molecule has 1 aromatic carbocycles. The number of unbranched alkanes of at least 4 members (excludes halogenated alkanes) is 2. The van der Waals surface area contributed by atoms with E-state index in [0.717, 1.165) is 31.4 Å². The Morgan fingerprint density at radius 2 is 1.83 bits per heavy atom. The predicted octanol–water partition coefficient (Wildman–Crippen LogP) is 3.54. The van der Waals surface area contributed by atoms with Crippen LogP contribution in [-0.4, -0.2) is 75.0 Å². The molecule has 2 atom stereocenters. The van der Waals surface area contributed by atoms with Crippen LogP contribution >= 0.6 is 0 Å². The van der Waals surface area contributed by atoms with Gasteiger partial charge in [-0.2, -0.15) is 0 Å². The fourth-order valence-electron chi connectivity index (χ4n) is 4.58. The molecule has 0 amide bonds. The van der Waals surface area contributed by atoms with Crippen molar-refractivity contribution in [3.8, 4) is 11.5 Å². The molecular formula is C26H39NO8. The zero-order valence-corrected chi connectivity index (χ0v) is 21.3. The highest BCUT2D eigenvalue weighted by molar-refractivity contribution is 6.31. The SMILES string of the molecule is CCCCCN1CCC(CCOc2cccc(OC(C)C)c2)C(OCCOC)C12OC(=O)C(=O)O2. The lowest BCUT2D eigenvalue weighted by Crippen LogP contribution is -2.65. The number of rotatable bonds is 14. The van der Waals surface area contributed by atoms with Gasteiger partial charge in [0, 0.05) is 26.3 Å². The molecule has 1 spiro atoms. The van der Waals surface area contributed by atoms with Crippen molar-refractivity contribution < 1.29 is 38.0 Å². The summed E-state index contributed by atoms with van der Waals surface area (Å²) in [7, 11) is 1.59. The van der Waals surface area contributed by atoms with Gasteiger partial charge >= 0.3 is 17.8 Å². The standard InChI is InChI=1S/C26H39NO8/c1-5-6-7-13-27-14-11-20(12-15-31-21-9-8-10-22(18-21)33-19(2)3)23(32-17-16-30-4)26(27)34-24(28)25(29)35-26/h8-10,18-20,23H,5-7,11-17H2,1-4H3. The summed E-state index contributed by atoms with van der Waals surface area (Å²) >= 11 is 0. The molecule has 2 unspecified atom stereocenters. The Morgan fingerprint density at radius 1 is 1.09 bits per heavy atom. The van der Waals surface area contributed by atoms with Gasteiger partial charge in [0.15, 0.2) is 6.10 Å². The van der Waals surface area contributed by atoms with Crippen LogP contribution in [0.15, 0.2) is 24.3 Å². The first-order valence-corrected chi connectivity index (χ1v) is 12.6. The van der Waals surface area contributed by atoms with Crippen molar-refractivity contribution in [2.75, 3.05) is 40.0 Å². The molecule has 0 saturated carbocycles. The third-order valence-electron chi connectivity index (χ3n) is 6.19. The smallest absolute Gasteiger partial charge is 0.422 e. The van der Waals surface area contributed by atoms with Crippen molar-refractivity contribution in [1.29, 1.82) is 0 Å². The van der Waals surface area contributed by atoms with E-state index in [-0.39, 0.29) is 18.6 Å². The summed E-state index contributed by atoms with van der Waals surface area (Å²) in [5.41, 5.74) is 0. The highest BCUT2D eigenvalue weighted by Crippen LogP contribution is 2.41. The van der Waals surface area contributed by atoms with E-state index in [1.54, 1.807) is 7.11 Å². The van der Waals surface area contributed by atoms with Gasteiger partial charge in [0.25, 0.3) is 0 Å². The Labute approximate surface area is 207 Å². The number of hydrogen-bond acceptors (Lipinski definition) is 9. The zero-order valence-electron chi connectivity index (χ0n) is 21.3. The minimum absolute atomic E-state index is 0.0527. The molecule has 0 radical (unpaired) electrons. The topological polar surface area (TPSA) is 92.8 Å². The second-order valence-corrected chi connectivity index (χ2v) is 9.22. The van der Waals surface area contributed by atoms with Gasteiger partial charge in [-0.05, 0) is 51.2 Å². The molecule has 196 valence electrons. The van der Waals surface area contributed by atoms with E-state index in [1.165, 1.54) is 0 Å². The monoisotopic (exact) mass is 493 g/mol. The average Bonchev–Trinajstić information content (AvgIpc) is 3.11. The van der Waals surface area contributed by atoms with Crippen molar-refractivity contribution in [3.05, 3.63) is 24.3 Å². The number of nitrogens with zero attached hydrogens (tertiary/aromatic N) is 1. The van der Waals surface area contributed by atoms with Gasteiger partial charge in [-0.25, -0.2) is 14.5 Å². The van der Waals surface area contributed by atoms with Crippen molar-refractivity contribution in [1.82, 2.24) is 4.90 Å². The Kier molecular flexibility index (Phi) is 10.2. The molecule has 0 bridgehead atoms. The van der Waals surface area contributed by atoms with Gasteiger partial charge in [-0.3, -0.25) is 0 Å². The number of piperidine rings is 1.